The summed E-state index contributed by atoms with van der Waals surface area (Å²) in [5.41, 5.74) is 3.58. The number of aromatic nitrogens is 6. The largest absolute Gasteiger partial charge is 0.345 e. The fraction of sp³-hybridized carbons (Fsp3) is 0.308. The molecule has 0 atom stereocenters. The maximum atomic E-state index is 15.0. The van der Waals surface area contributed by atoms with Crippen LogP contribution in [0, 0.1) is 5.82 Å². The van der Waals surface area contributed by atoms with Gasteiger partial charge in [-0.3, -0.25) is 19.4 Å². The molecule has 188 valence electrons. The van der Waals surface area contributed by atoms with Crippen LogP contribution in [-0.2, 0) is 13.1 Å². The first-order valence-corrected chi connectivity index (χ1v) is 12.5. The van der Waals surface area contributed by atoms with Crippen LogP contribution in [0.2, 0.25) is 0 Å². The van der Waals surface area contributed by atoms with Gasteiger partial charge in [-0.25, -0.2) is 19.2 Å². The number of benzene rings is 1. The van der Waals surface area contributed by atoms with Crippen LogP contribution in [0.15, 0.2) is 47.8 Å². The predicted molar refractivity (Wildman–Crippen MR) is 136 cm³/mol. The molecule has 1 saturated heterocycles. The number of piperidine rings is 1. The zero-order chi connectivity index (χ0) is 25.1. The molecule has 4 aromatic heterocycles. The van der Waals surface area contributed by atoms with Crippen LogP contribution in [0.4, 0.5) is 9.18 Å². The van der Waals surface area contributed by atoms with E-state index in [1.807, 2.05) is 16.0 Å². The maximum absolute atomic E-state index is 15.0. The Morgan fingerprint density at radius 2 is 1.86 bits per heavy atom. The standard InChI is InChI=1S/C26H25FN8O2/c27-17-11-16-14-34(26(37)32-6-2-1-3-7-32)10-9-33-15-19(18(12-17)23(16)33)22-21(24(36)31-30-22)20-13-29-25-28-5-4-8-35(20)25/h4-5,8,11-13,15H,1-3,6-7,9-10,14H2,(H2,30,31,36). The van der Waals surface area contributed by atoms with Crippen molar-refractivity contribution in [3.8, 4) is 22.5 Å². The Morgan fingerprint density at radius 3 is 2.73 bits per heavy atom. The Kier molecular flexibility index (Phi) is 4.91. The Labute approximate surface area is 210 Å². The number of fused-ring (bicyclic) bond motifs is 1. The fourth-order valence-electron chi connectivity index (χ4n) is 5.76. The minimum absolute atomic E-state index is 0.0153. The van der Waals surface area contributed by atoms with E-state index in [-0.39, 0.29) is 17.4 Å². The van der Waals surface area contributed by atoms with E-state index in [2.05, 4.69) is 24.7 Å². The second-order valence-electron chi connectivity index (χ2n) is 9.71. The van der Waals surface area contributed by atoms with Crippen molar-refractivity contribution < 1.29 is 9.18 Å². The number of nitrogens with one attached hydrogen (secondary N) is 2. The zero-order valence-corrected chi connectivity index (χ0v) is 20.1. The van der Waals surface area contributed by atoms with E-state index in [1.165, 1.54) is 12.1 Å². The Balaban J connectivity index is 1.34. The van der Waals surface area contributed by atoms with Crippen molar-refractivity contribution in [3.05, 3.63) is 64.7 Å². The number of carbonyl (C=O) groups excluding carboxylic acids is 1. The van der Waals surface area contributed by atoms with Gasteiger partial charge in [0.05, 0.1) is 28.7 Å². The normalized spacial score (nSPS) is 16.0. The molecule has 2 aliphatic heterocycles. The van der Waals surface area contributed by atoms with Gasteiger partial charge in [-0.2, -0.15) is 0 Å². The Hall–Kier alpha value is -4.41. The monoisotopic (exact) mass is 500 g/mol. The van der Waals surface area contributed by atoms with Gasteiger partial charge in [0.1, 0.15) is 5.82 Å². The lowest BCUT2D eigenvalue weighted by Crippen LogP contribution is -2.45. The van der Waals surface area contributed by atoms with E-state index in [0.29, 0.717) is 53.3 Å². The third-order valence-electron chi connectivity index (χ3n) is 7.48. The first-order chi connectivity index (χ1) is 18.1. The van der Waals surface area contributed by atoms with Gasteiger partial charge in [0.2, 0.25) is 5.78 Å². The lowest BCUT2D eigenvalue weighted by molar-refractivity contribution is 0.140. The van der Waals surface area contributed by atoms with Crippen molar-refractivity contribution in [3.63, 3.8) is 0 Å². The molecule has 0 saturated carbocycles. The minimum atomic E-state index is -0.382. The van der Waals surface area contributed by atoms with Crippen molar-refractivity contribution >= 4 is 22.7 Å². The summed E-state index contributed by atoms with van der Waals surface area (Å²) < 4.78 is 18.8. The summed E-state index contributed by atoms with van der Waals surface area (Å²) in [6, 6.07) is 4.80. The quantitative estimate of drug-likeness (QED) is 0.386. The van der Waals surface area contributed by atoms with Crippen molar-refractivity contribution in [1.82, 2.24) is 38.9 Å². The van der Waals surface area contributed by atoms with Gasteiger partial charge >= 0.3 is 6.03 Å². The second-order valence-corrected chi connectivity index (χ2v) is 9.71. The topological polar surface area (TPSA) is 107 Å². The number of likely N-dealkylation sites (tertiary alicyclic amines) is 1. The van der Waals surface area contributed by atoms with Gasteiger partial charge in [0.15, 0.2) is 0 Å². The third kappa shape index (κ3) is 3.45. The molecule has 1 fully saturated rings. The predicted octanol–water partition coefficient (Wildman–Crippen LogP) is 3.60. The molecule has 10 nitrogen and oxygen atoms in total. The van der Waals surface area contributed by atoms with Gasteiger partial charge in [-0.05, 0) is 43.0 Å². The van der Waals surface area contributed by atoms with Gasteiger partial charge in [-0.1, -0.05) is 0 Å². The molecule has 0 aliphatic carbocycles. The summed E-state index contributed by atoms with van der Waals surface area (Å²) in [5, 5.41) is 6.39. The number of aromatic amines is 2. The van der Waals surface area contributed by atoms with Crippen LogP contribution in [0.3, 0.4) is 0 Å². The highest BCUT2D eigenvalue weighted by Gasteiger charge is 2.28. The number of imidazole rings is 1. The first-order valence-electron chi connectivity index (χ1n) is 12.5. The zero-order valence-electron chi connectivity index (χ0n) is 20.1. The highest BCUT2D eigenvalue weighted by atomic mass is 19.1. The van der Waals surface area contributed by atoms with Crippen molar-refractivity contribution in [2.45, 2.75) is 32.4 Å². The van der Waals surface area contributed by atoms with E-state index in [4.69, 9.17) is 0 Å². The van der Waals surface area contributed by atoms with Crippen molar-refractivity contribution in [1.29, 1.82) is 0 Å². The van der Waals surface area contributed by atoms with Gasteiger partial charge in [0.25, 0.3) is 5.56 Å². The molecule has 2 N–H and O–H groups in total. The van der Waals surface area contributed by atoms with Crippen LogP contribution >= 0.6 is 0 Å². The Bertz CT molecular complexity index is 1720. The number of H-pyrrole nitrogens is 2. The molecular formula is C26H25FN8O2. The van der Waals surface area contributed by atoms with Crippen molar-refractivity contribution in [2.24, 2.45) is 0 Å². The van der Waals surface area contributed by atoms with E-state index in [1.54, 1.807) is 29.1 Å². The second kappa shape index (κ2) is 8.32. The number of rotatable bonds is 2. The summed E-state index contributed by atoms with van der Waals surface area (Å²) in [5.74, 6) is 0.0971. The van der Waals surface area contributed by atoms with Gasteiger partial charge in [-0.15, -0.1) is 0 Å². The molecule has 11 heteroatoms. The molecular weight excluding hydrogens is 475 g/mol. The number of hydrogen-bond donors (Lipinski definition) is 2. The molecule has 5 aromatic rings. The van der Waals surface area contributed by atoms with Crippen molar-refractivity contribution in [2.75, 3.05) is 19.6 Å². The highest BCUT2D eigenvalue weighted by molar-refractivity contribution is 6.00. The molecule has 0 radical (unpaired) electrons. The molecule has 37 heavy (non-hydrogen) atoms. The Morgan fingerprint density at radius 1 is 1.00 bits per heavy atom. The smallest absolute Gasteiger partial charge is 0.320 e. The molecule has 2 aliphatic rings. The minimum Gasteiger partial charge on any atom is -0.345 e. The number of carbonyl (C=O) groups is 1. The average Bonchev–Trinajstić information content (AvgIpc) is 3.57. The summed E-state index contributed by atoms with van der Waals surface area (Å²) in [6.07, 6.45) is 10.2. The van der Waals surface area contributed by atoms with Crippen LogP contribution in [0.25, 0.3) is 39.2 Å². The summed E-state index contributed by atoms with van der Waals surface area (Å²) >= 11 is 0. The average molecular weight is 501 g/mol. The van der Waals surface area contributed by atoms with E-state index < -0.39 is 0 Å². The molecule has 0 bridgehead atoms. The maximum Gasteiger partial charge on any atom is 0.320 e. The SMILES string of the molecule is O=C(N1CCCCC1)N1CCn2cc(-c3[nH][nH]c(=O)c3-c3cnc4ncccn34)c3cc(F)cc(c32)C1. The lowest BCUT2D eigenvalue weighted by Gasteiger charge is -2.32. The highest BCUT2D eigenvalue weighted by Crippen LogP contribution is 2.37. The third-order valence-corrected chi connectivity index (χ3v) is 7.48. The molecule has 1 aromatic carbocycles. The van der Waals surface area contributed by atoms with Crippen LogP contribution < -0.4 is 5.56 Å². The number of amides is 2. The summed E-state index contributed by atoms with van der Waals surface area (Å²) in [6.45, 7) is 2.96. The molecule has 0 spiro atoms. The number of urea groups is 1. The molecule has 0 unspecified atom stereocenters. The first kappa shape index (κ1) is 21.8. The van der Waals surface area contributed by atoms with Crippen LogP contribution in [0.1, 0.15) is 24.8 Å². The summed E-state index contributed by atoms with van der Waals surface area (Å²) in [4.78, 5) is 38.5. The molecule has 6 heterocycles. The van der Waals surface area contributed by atoms with E-state index in [0.717, 1.165) is 43.4 Å². The summed E-state index contributed by atoms with van der Waals surface area (Å²) in [7, 11) is 0. The molecule has 2 amide bonds. The van der Waals surface area contributed by atoms with E-state index >= 15 is 0 Å². The van der Waals surface area contributed by atoms with Crippen LogP contribution in [-0.4, -0.2) is 64.6 Å². The lowest BCUT2D eigenvalue weighted by atomic mass is 10.0. The van der Waals surface area contributed by atoms with Crippen LogP contribution in [0.5, 0.6) is 0 Å². The van der Waals surface area contributed by atoms with Gasteiger partial charge < -0.3 is 14.4 Å². The number of halogens is 1. The fourth-order valence-corrected chi connectivity index (χ4v) is 5.76. The number of nitrogens with zero attached hydrogens (tertiary/aromatic N) is 6. The van der Waals surface area contributed by atoms with E-state index in [9.17, 15) is 14.0 Å². The molecule has 7 rings (SSSR count). The number of hydrogen-bond acceptors (Lipinski definition) is 4. The van der Waals surface area contributed by atoms with Gasteiger partial charge in [0, 0.05) is 62.3 Å².